The van der Waals surface area contributed by atoms with Gasteiger partial charge in [0.25, 0.3) is 0 Å². The van der Waals surface area contributed by atoms with Crippen molar-refractivity contribution < 1.29 is 19.3 Å². The second kappa shape index (κ2) is 12.5. The Balaban J connectivity index is 0.000000837. The molecule has 0 aliphatic heterocycles. The lowest BCUT2D eigenvalue weighted by atomic mass is 9.96. The summed E-state index contributed by atoms with van der Waals surface area (Å²) in [6.45, 7) is 8.94. The first-order valence-corrected chi connectivity index (χ1v) is 10.8. The van der Waals surface area contributed by atoms with Crippen LogP contribution in [0.3, 0.4) is 0 Å². The Morgan fingerprint density at radius 3 is 1.72 bits per heavy atom. The van der Waals surface area contributed by atoms with E-state index in [2.05, 4.69) is 50.8 Å². The van der Waals surface area contributed by atoms with E-state index in [1.807, 2.05) is 36.4 Å². The molecule has 0 amide bonds. The van der Waals surface area contributed by atoms with Gasteiger partial charge in [-0.3, -0.25) is 0 Å². The van der Waals surface area contributed by atoms with E-state index in [-0.39, 0.29) is 11.9 Å². The lowest BCUT2D eigenvalue weighted by Crippen LogP contribution is -2.12. The van der Waals surface area contributed by atoms with Crippen LogP contribution in [0.1, 0.15) is 33.6 Å². The van der Waals surface area contributed by atoms with Crippen LogP contribution in [-0.4, -0.2) is 25.4 Å². The molecule has 3 aromatic carbocycles. The van der Waals surface area contributed by atoms with Crippen LogP contribution in [0.15, 0.2) is 79.1 Å². The number of methoxy groups -OCH3 is 2. The van der Waals surface area contributed by atoms with E-state index in [0.29, 0.717) is 0 Å². The first kappa shape index (κ1) is 24.9. The van der Waals surface area contributed by atoms with E-state index in [1.54, 1.807) is 14.2 Å². The SMILES string of the molecule is C=C(C)O.CCCC(C)Oc1c(-c2cccc(OC)c2)cccc1-c1cccc(OC)c1. The summed E-state index contributed by atoms with van der Waals surface area (Å²) in [5.74, 6) is 2.72. The molecule has 0 aromatic heterocycles. The molecule has 0 aliphatic carbocycles. The summed E-state index contributed by atoms with van der Waals surface area (Å²) in [6, 6.07) is 22.5. The zero-order valence-electron chi connectivity index (χ0n) is 19.7. The number of ether oxygens (including phenoxy) is 3. The average Bonchev–Trinajstić information content (AvgIpc) is 2.79. The van der Waals surface area contributed by atoms with Crippen LogP contribution in [0.5, 0.6) is 17.2 Å². The predicted octanol–water partition coefficient (Wildman–Crippen LogP) is 7.68. The Morgan fingerprint density at radius 1 is 0.875 bits per heavy atom. The molecule has 0 aliphatic rings. The lowest BCUT2D eigenvalue weighted by molar-refractivity contribution is 0.212. The number of aliphatic hydroxyl groups excluding tert-OH is 1. The van der Waals surface area contributed by atoms with E-state index in [0.717, 1.165) is 52.3 Å². The van der Waals surface area contributed by atoms with Gasteiger partial charge in [-0.25, -0.2) is 0 Å². The van der Waals surface area contributed by atoms with E-state index < -0.39 is 0 Å². The number of hydrogen-bond acceptors (Lipinski definition) is 4. The number of aliphatic hydroxyl groups is 1. The molecule has 3 rings (SSSR count). The van der Waals surface area contributed by atoms with Crippen molar-refractivity contribution in [3.05, 3.63) is 79.1 Å². The zero-order valence-corrected chi connectivity index (χ0v) is 19.7. The molecule has 0 bridgehead atoms. The molecular formula is C28H34O4. The van der Waals surface area contributed by atoms with Crippen LogP contribution < -0.4 is 14.2 Å². The van der Waals surface area contributed by atoms with Gasteiger partial charge in [0.2, 0.25) is 0 Å². The molecule has 0 saturated heterocycles. The van der Waals surface area contributed by atoms with Gasteiger partial charge >= 0.3 is 0 Å². The molecule has 0 heterocycles. The molecule has 0 radical (unpaired) electrons. The largest absolute Gasteiger partial charge is 0.513 e. The van der Waals surface area contributed by atoms with Crippen LogP contribution >= 0.6 is 0 Å². The minimum atomic E-state index is 0.126. The van der Waals surface area contributed by atoms with Crippen molar-refractivity contribution in [2.45, 2.75) is 39.7 Å². The molecule has 4 nitrogen and oxygen atoms in total. The van der Waals surface area contributed by atoms with Crippen molar-refractivity contribution in [1.82, 2.24) is 0 Å². The minimum absolute atomic E-state index is 0.126. The van der Waals surface area contributed by atoms with Crippen molar-refractivity contribution in [3.8, 4) is 39.5 Å². The van der Waals surface area contributed by atoms with Gasteiger partial charge in [0.15, 0.2) is 0 Å². The summed E-state index contributed by atoms with van der Waals surface area (Å²) < 4.78 is 17.3. The van der Waals surface area contributed by atoms with Gasteiger partial charge < -0.3 is 19.3 Å². The van der Waals surface area contributed by atoms with Crippen LogP contribution in [0.2, 0.25) is 0 Å². The topological polar surface area (TPSA) is 47.9 Å². The fourth-order valence-electron chi connectivity index (χ4n) is 3.37. The Morgan fingerprint density at radius 2 is 1.31 bits per heavy atom. The Hall–Kier alpha value is -3.40. The van der Waals surface area contributed by atoms with Crippen molar-refractivity contribution in [1.29, 1.82) is 0 Å². The third-order valence-corrected chi connectivity index (χ3v) is 4.79. The standard InChI is InChI=1S/C25H28O3.C3H6O/c1-5-9-18(2)28-25-23(19-10-6-12-21(16-19)26-3)14-8-15-24(25)20-11-7-13-22(17-20)27-4;1-3(2)4/h6-8,10-18H,5,9H2,1-4H3;4H,1H2,2H3. The molecule has 1 atom stereocenters. The molecule has 0 fully saturated rings. The third kappa shape index (κ3) is 7.09. The zero-order chi connectivity index (χ0) is 23.5. The number of allylic oxidation sites excluding steroid dienone is 1. The Labute approximate surface area is 192 Å². The quantitative estimate of drug-likeness (QED) is 0.369. The van der Waals surface area contributed by atoms with Crippen molar-refractivity contribution in [2.24, 2.45) is 0 Å². The normalized spacial score (nSPS) is 11.0. The maximum atomic E-state index is 7.86. The summed E-state index contributed by atoms with van der Waals surface area (Å²) in [4.78, 5) is 0. The van der Waals surface area contributed by atoms with E-state index in [4.69, 9.17) is 19.3 Å². The highest BCUT2D eigenvalue weighted by atomic mass is 16.5. The molecule has 3 aromatic rings. The molecular weight excluding hydrogens is 400 g/mol. The van der Waals surface area contributed by atoms with Crippen molar-refractivity contribution >= 4 is 0 Å². The molecule has 1 unspecified atom stereocenters. The number of hydrogen-bond donors (Lipinski definition) is 1. The molecule has 4 heteroatoms. The van der Waals surface area contributed by atoms with Crippen LogP contribution in [0, 0.1) is 0 Å². The first-order chi connectivity index (χ1) is 15.4. The molecule has 0 saturated carbocycles. The summed E-state index contributed by atoms with van der Waals surface area (Å²) in [5, 5.41) is 7.86. The molecule has 0 spiro atoms. The minimum Gasteiger partial charge on any atom is -0.513 e. The monoisotopic (exact) mass is 434 g/mol. The number of para-hydroxylation sites is 1. The average molecular weight is 435 g/mol. The summed E-state index contributed by atoms with van der Waals surface area (Å²) >= 11 is 0. The highest BCUT2D eigenvalue weighted by Crippen LogP contribution is 2.41. The van der Waals surface area contributed by atoms with Gasteiger partial charge in [0, 0.05) is 11.1 Å². The van der Waals surface area contributed by atoms with Crippen LogP contribution in [0.25, 0.3) is 22.3 Å². The Kier molecular flexibility index (Phi) is 9.68. The Bertz CT molecular complexity index is 940. The highest BCUT2D eigenvalue weighted by Gasteiger charge is 2.16. The third-order valence-electron chi connectivity index (χ3n) is 4.79. The maximum Gasteiger partial charge on any atom is 0.135 e. The van der Waals surface area contributed by atoms with Crippen molar-refractivity contribution in [2.75, 3.05) is 14.2 Å². The summed E-state index contributed by atoms with van der Waals surface area (Å²) in [5.41, 5.74) is 4.26. The summed E-state index contributed by atoms with van der Waals surface area (Å²) in [6.07, 6.45) is 2.21. The maximum absolute atomic E-state index is 7.86. The van der Waals surface area contributed by atoms with Gasteiger partial charge in [0.05, 0.1) is 26.1 Å². The predicted molar refractivity (Wildman–Crippen MR) is 133 cm³/mol. The first-order valence-electron chi connectivity index (χ1n) is 10.8. The van der Waals surface area contributed by atoms with E-state index in [9.17, 15) is 0 Å². The molecule has 32 heavy (non-hydrogen) atoms. The number of rotatable bonds is 8. The van der Waals surface area contributed by atoms with E-state index >= 15 is 0 Å². The lowest BCUT2D eigenvalue weighted by Gasteiger charge is -2.21. The number of benzene rings is 3. The van der Waals surface area contributed by atoms with Gasteiger partial charge in [-0.1, -0.05) is 62.4 Å². The van der Waals surface area contributed by atoms with Gasteiger partial charge in [-0.15, -0.1) is 0 Å². The molecule has 170 valence electrons. The van der Waals surface area contributed by atoms with Gasteiger partial charge in [-0.2, -0.15) is 0 Å². The second-order valence-electron chi connectivity index (χ2n) is 7.60. The fraction of sp³-hybridized carbons (Fsp3) is 0.286. The van der Waals surface area contributed by atoms with Crippen LogP contribution in [0.4, 0.5) is 0 Å². The summed E-state index contributed by atoms with van der Waals surface area (Å²) in [7, 11) is 3.37. The smallest absolute Gasteiger partial charge is 0.135 e. The highest BCUT2D eigenvalue weighted by molar-refractivity contribution is 5.83. The van der Waals surface area contributed by atoms with Gasteiger partial charge in [-0.05, 0) is 55.7 Å². The van der Waals surface area contributed by atoms with Gasteiger partial charge in [0.1, 0.15) is 17.2 Å². The van der Waals surface area contributed by atoms with Crippen molar-refractivity contribution in [3.63, 3.8) is 0 Å². The van der Waals surface area contributed by atoms with E-state index in [1.165, 1.54) is 6.92 Å². The second-order valence-corrected chi connectivity index (χ2v) is 7.60. The van der Waals surface area contributed by atoms with Crippen LogP contribution in [-0.2, 0) is 0 Å². The molecule has 1 N–H and O–H groups in total. The fourth-order valence-corrected chi connectivity index (χ4v) is 3.37.